The van der Waals surface area contributed by atoms with Crippen LogP contribution in [0.2, 0.25) is 0 Å². The summed E-state index contributed by atoms with van der Waals surface area (Å²) in [4.78, 5) is 19.6. The number of benzene rings is 1. The van der Waals surface area contributed by atoms with Crippen LogP contribution in [0.4, 0.5) is 0 Å². The Labute approximate surface area is 154 Å². The maximum absolute atomic E-state index is 12.9. The largest absolute Gasteiger partial charge is 0.350 e. The molecule has 0 radical (unpaired) electrons. The molecule has 0 N–H and O–H groups in total. The highest BCUT2D eigenvalue weighted by atomic mass is 16.7. The van der Waals surface area contributed by atoms with E-state index < -0.39 is 0 Å². The lowest BCUT2D eigenvalue weighted by Gasteiger charge is -2.34. The molecule has 2 fully saturated rings. The van der Waals surface area contributed by atoms with Gasteiger partial charge in [0.1, 0.15) is 0 Å². The number of nitrogens with zero attached hydrogens (tertiary/aromatic N) is 2. The van der Waals surface area contributed by atoms with Crippen molar-refractivity contribution in [3.05, 3.63) is 41.1 Å². The summed E-state index contributed by atoms with van der Waals surface area (Å²) >= 11 is 0. The molecule has 0 spiro atoms. The number of para-hydroxylation sites is 1. The first-order chi connectivity index (χ1) is 12.6. The standard InChI is InChI=1S/C21H26N2O3/c1-14-17-5-3-4-6-19(17)22-15(2)18(14)13-20(24)23-9-7-16(8-10-23)21-25-11-12-26-21/h3-6,16,21H,7-13H2,1-2H3. The van der Waals surface area contributed by atoms with Crippen molar-refractivity contribution >= 4 is 16.8 Å². The van der Waals surface area contributed by atoms with Crippen molar-refractivity contribution in [1.29, 1.82) is 0 Å². The predicted octanol–water partition coefficient (Wildman–Crippen LogP) is 3.01. The number of fused-ring (bicyclic) bond motifs is 1. The number of piperidine rings is 1. The maximum Gasteiger partial charge on any atom is 0.227 e. The molecule has 0 saturated carbocycles. The molecule has 2 aromatic rings. The van der Waals surface area contributed by atoms with Crippen LogP contribution in [0.5, 0.6) is 0 Å². The molecule has 3 heterocycles. The predicted molar refractivity (Wildman–Crippen MR) is 99.9 cm³/mol. The summed E-state index contributed by atoms with van der Waals surface area (Å²) in [6, 6.07) is 8.13. The first-order valence-electron chi connectivity index (χ1n) is 9.49. The van der Waals surface area contributed by atoms with E-state index in [0.717, 1.165) is 48.1 Å². The van der Waals surface area contributed by atoms with Gasteiger partial charge in [-0.15, -0.1) is 0 Å². The van der Waals surface area contributed by atoms with E-state index in [1.807, 2.05) is 30.0 Å². The molecular formula is C21H26N2O3. The number of carbonyl (C=O) groups excluding carboxylic acids is 1. The number of aromatic nitrogens is 1. The minimum absolute atomic E-state index is 0.0681. The molecule has 26 heavy (non-hydrogen) atoms. The molecule has 1 amide bonds. The van der Waals surface area contributed by atoms with Gasteiger partial charge in [0, 0.05) is 30.1 Å². The fourth-order valence-corrected chi connectivity index (χ4v) is 4.16. The number of likely N-dealkylation sites (tertiary alicyclic amines) is 1. The number of rotatable bonds is 3. The van der Waals surface area contributed by atoms with Crippen molar-refractivity contribution in [2.75, 3.05) is 26.3 Å². The summed E-state index contributed by atoms with van der Waals surface area (Å²) in [7, 11) is 0. The Bertz CT molecular complexity index is 806. The van der Waals surface area contributed by atoms with E-state index in [9.17, 15) is 4.79 Å². The molecule has 0 unspecified atom stereocenters. The van der Waals surface area contributed by atoms with E-state index in [-0.39, 0.29) is 12.2 Å². The van der Waals surface area contributed by atoms with Crippen LogP contribution in [0.25, 0.3) is 10.9 Å². The van der Waals surface area contributed by atoms with Crippen molar-refractivity contribution in [2.45, 2.75) is 39.4 Å². The minimum Gasteiger partial charge on any atom is -0.350 e. The third-order valence-electron chi connectivity index (χ3n) is 5.74. The van der Waals surface area contributed by atoms with Crippen molar-refractivity contribution in [3.63, 3.8) is 0 Å². The van der Waals surface area contributed by atoms with Gasteiger partial charge in [-0.1, -0.05) is 18.2 Å². The second kappa shape index (κ2) is 7.33. The molecular weight excluding hydrogens is 328 g/mol. The Balaban J connectivity index is 1.44. The van der Waals surface area contributed by atoms with Gasteiger partial charge in [-0.25, -0.2) is 0 Å². The van der Waals surface area contributed by atoms with E-state index in [4.69, 9.17) is 14.5 Å². The summed E-state index contributed by atoms with van der Waals surface area (Å²) in [6.07, 6.45) is 2.26. The molecule has 0 atom stereocenters. The van der Waals surface area contributed by atoms with Gasteiger partial charge in [0.25, 0.3) is 0 Å². The Morgan fingerprint density at radius 3 is 2.58 bits per heavy atom. The van der Waals surface area contributed by atoms with Crippen molar-refractivity contribution in [1.82, 2.24) is 9.88 Å². The monoisotopic (exact) mass is 354 g/mol. The maximum atomic E-state index is 12.9. The molecule has 5 nitrogen and oxygen atoms in total. The molecule has 0 aliphatic carbocycles. The van der Waals surface area contributed by atoms with Crippen LogP contribution in [0.15, 0.2) is 24.3 Å². The lowest BCUT2D eigenvalue weighted by Crippen LogP contribution is -2.42. The number of amides is 1. The zero-order chi connectivity index (χ0) is 18.1. The number of aryl methyl sites for hydroxylation is 2. The average Bonchev–Trinajstić information content (AvgIpc) is 3.20. The summed E-state index contributed by atoms with van der Waals surface area (Å²) < 4.78 is 11.2. The Hall–Kier alpha value is -1.98. The topological polar surface area (TPSA) is 51.7 Å². The highest BCUT2D eigenvalue weighted by Gasteiger charge is 2.32. The van der Waals surface area contributed by atoms with Crippen LogP contribution in [0.3, 0.4) is 0 Å². The SMILES string of the molecule is Cc1nc2ccccc2c(C)c1CC(=O)N1CCC(C2OCCO2)CC1. The molecule has 2 aliphatic heterocycles. The van der Waals surface area contributed by atoms with Gasteiger partial charge >= 0.3 is 0 Å². The quantitative estimate of drug-likeness (QED) is 0.850. The van der Waals surface area contributed by atoms with Crippen molar-refractivity contribution < 1.29 is 14.3 Å². The van der Waals surface area contributed by atoms with Crippen LogP contribution in [-0.2, 0) is 20.7 Å². The average molecular weight is 354 g/mol. The third kappa shape index (κ3) is 3.33. The molecule has 1 aromatic heterocycles. The first kappa shape index (κ1) is 17.4. The molecule has 4 rings (SSSR count). The fraction of sp³-hybridized carbons (Fsp3) is 0.524. The van der Waals surface area contributed by atoms with E-state index in [2.05, 4.69) is 13.0 Å². The van der Waals surface area contributed by atoms with Gasteiger partial charge in [-0.05, 0) is 43.9 Å². The third-order valence-corrected chi connectivity index (χ3v) is 5.74. The lowest BCUT2D eigenvalue weighted by atomic mass is 9.95. The van der Waals surface area contributed by atoms with Gasteiger partial charge in [-0.2, -0.15) is 0 Å². The Kier molecular flexibility index (Phi) is 4.92. The number of pyridine rings is 1. The molecule has 138 valence electrons. The van der Waals surface area contributed by atoms with Crippen LogP contribution in [0.1, 0.15) is 29.7 Å². The van der Waals surface area contributed by atoms with Crippen LogP contribution in [0, 0.1) is 19.8 Å². The van der Waals surface area contributed by atoms with Crippen LogP contribution < -0.4 is 0 Å². The Morgan fingerprint density at radius 2 is 1.85 bits per heavy atom. The summed E-state index contributed by atoms with van der Waals surface area (Å²) in [5.41, 5.74) is 4.19. The second-order valence-electron chi connectivity index (χ2n) is 7.32. The summed E-state index contributed by atoms with van der Waals surface area (Å²) in [6.45, 7) is 7.05. The smallest absolute Gasteiger partial charge is 0.227 e. The zero-order valence-electron chi connectivity index (χ0n) is 15.5. The fourth-order valence-electron chi connectivity index (χ4n) is 4.16. The van der Waals surface area contributed by atoms with E-state index in [1.165, 1.54) is 5.56 Å². The number of carbonyl (C=O) groups is 1. The van der Waals surface area contributed by atoms with E-state index >= 15 is 0 Å². The van der Waals surface area contributed by atoms with Gasteiger partial charge in [0.15, 0.2) is 6.29 Å². The van der Waals surface area contributed by atoms with Crippen LogP contribution >= 0.6 is 0 Å². The van der Waals surface area contributed by atoms with Crippen molar-refractivity contribution in [2.24, 2.45) is 5.92 Å². The zero-order valence-corrected chi connectivity index (χ0v) is 15.5. The molecule has 1 aromatic carbocycles. The highest BCUT2D eigenvalue weighted by Crippen LogP contribution is 2.27. The first-order valence-corrected chi connectivity index (χ1v) is 9.49. The van der Waals surface area contributed by atoms with E-state index in [1.54, 1.807) is 0 Å². The summed E-state index contributed by atoms with van der Waals surface area (Å²) in [5, 5.41) is 1.13. The van der Waals surface area contributed by atoms with Gasteiger partial charge < -0.3 is 14.4 Å². The van der Waals surface area contributed by atoms with Gasteiger partial charge in [-0.3, -0.25) is 9.78 Å². The van der Waals surface area contributed by atoms with Crippen LogP contribution in [-0.4, -0.2) is 48.4 Å². The normalized spacial score (nSPS) is 19.4. The van der Waals surface area contributed by atoms with Gasteiger partial charge in [0.05, 0.1) is 25.2 Å². The van der Waals surface area contributed by atoms with Crippen molar-refractivity contribution in [3.8, 4) is 0 Å². The highest BCUT2D eigenvalue weighted by molar-refractivity contribution is 5.86. The van der Waals surface area contributed by atoms with Gasteiger partial charge in [0.2, 0.25) is 5.91 Å². The second-order valence-corrected chi connectivity index (χ2v) is 7.32. The molecule has 2 saturated heterocycles. The molecule has 2 aliphatic rings. The summed E-state index contributed by atoms with van der Waals surface area (Å²) in [5.74, 6) is 0.604. The number of hydrogen-bond acceptors (Lipinski definition) is 4. The Morgan fingerprint density at radius 1 is 1.15 bits per heavy atom. The molecule has 5 heteroatoms. The van der Waals surface area contributed by atoms with E-state index in [0.29, 0.717) is 25.6 Å². The number of hydrogen-bond donors (Lipinski definition) is 0. The lowest BCUT2D eigenvalue weighted by molar-refractivity contribution is -0.136. The number of ether oxygens (including phenoxy) is 2. The minimum atomic E-state index is -0.0681. The molecule has 0 bridgehead atoms.